The van der Waals surface area contributed by atoms with Crippen molar-refractivity contribution in [3.05, 3.63) is 93.3 Å². The largest absolute Gasteiger partial charge is 0.371 e. The molecule has 312 valence electrons. The molecule has 2 atom stereocenters. The van der Waals surface area contributed by atoms with Gasteiger partial charge >= 0.3 is 0 Å². The Labute approximate surface area is 356 Å². The molecule has 0 saturated carbocycles. The van der Waals surface area contributed by atoms with E-state index < -0.39 is 29.7 Å². The summed E-state index contributed by atoms with van der Waals surface area (Å²) >= 11 is 6.56. The number of anilines is 3. The molecule has 3 aromatic rings. The molecule has 5 saturated heterocycles. The van der Waals surface area contributed by atoms with Gasteiger partial charge in [-0.25, -0.2) is 4.85 Å². The number of piperidine rings is 3. The van der Waals surface area contributed by atoms with Gasteiger partial charge in [-0.15, -0.1) is 0 Å². The maximum Gasteiger partial charge on any atom is 0.262 e. The average molecular weight is 831 g/mol. The van der Waals surface area contributed by atoms with Gasteiger partial charge in [-0.05, 0) is 112 Å². The van der Waals surface area contributed by atoms with Gasteiger partial charge in [0.05, 0.1) is 22.7 Å². The van der Waals surface area contributed by atoms with E-state index in [0.717, 1.165) is 111 Å². The molecule has 5 amide bonds. The maximum atomic E-state index is 13.6. The molecule has 0 bridgehead atoms. The van der Waals surface area contributed by atoms with Gasteiger partial charge in [-0.2, -0.15) is 0 Å². The van der Waals surface area contributed by atoms with Gasteiger partial charge in [0.25, 0.3) is 17.7 Å². The Bertz CT molecular complexity index is 2290. The first-order chi connectivity index (χ1) is 28.9. The van der Waals surface area contributed by atoms with E-state index in [9.17, 15) is 24.0 Å². The van der Waals surface area contributed by atoms with Crippen molar-refractivity contribution in [2.75, 3.05) is 73.6 Å². The van der Waals surface area contributed by atoms with Gasteiger partial charge in [-0.3, -0.25) is 39.1 Å². The number of benzene rings is 3. The number of amides is 5. The van der Waals surface area contributed by atoms with Crippen LogP contribution in [0.5, 0.6) is 0 Å². The van der Waals surface area contributed by atoms with Gasteiger partial charge in [0.15, 0.2) is 0 Å². The minimum Gasteiger partial charge on any atom is -0.371 e. The number of hydrogen-bond acceptors (Lipinski definition) is 9. The van der Waals surface area contributed by atoms with Crippen molar-refractivity contribution >= 4 is 63.9 Å². The Balaban J connectivity index is 0.738. The monoisotopic (exact) mass is 830 g/mol. The van der Waals surface area contributed by atoms with E-state index in [1.165, 1.54) is 0 Å². The first-order valence-corrected chi connectivity index (χ1v) is 21.7. The first-order valence-electron chi connectivity index (χ1n) is 21.4. The molecule has 0 aromatic heterocycles. The topological polar surface area (TPSA) is 121 Å². The van der Waals surface area contributed by atoms with Gasteiger partial charge in [0.2, 0.25) is 17.5 Å². The number of nitrogens with zero attached hydrogens (tertiary/aromatic N) is 7. The molecule has 0 radical (unpaired) electrons. The molecule has 6 aliphatic rings. The number of piperazine rings is 1. The number of hydrogen-bond donors (Lipinski definition) is 1. The molecule has 14 heteroatoms. The zero-order valence-corrected chi connectivity index (χ0v) is 35.0. The van der Waals surface area contributed by atoms with Gasteiger partial charge in [0, 0.05) is 100 Å². The summed E-state index contributed by atoms with van der Waals surface area (Å²) in [5.74, 6) is -1.91. The number of fused-ring (bicyclic) bond motifs is 1. The van der Waals surface area contributed by atoms with Crippen LogP contribution < -0.4 is 20.0 Å². The van der Waals surface area contributed by atoms with Crippen LogP contribution in [0.3, 0.4) is 0 Å². The summed E-state index contributed by atoms with van der Waals surface area (Å²) in [6, 6.07) is 17.2. The summed E-state index contributed by atoms with van der Waals surface area (Å²) in [5.41, 5.74) is 6.23. The van der Waals surface area contributed by atoms with E-state index in [0.29, 0.717) is 41.4 Å². The predicted octanol–water partition coefficient (Wildman–Crippen LogP) is 5.91. The third kappa shape index (κ3) is 7.17. The predicted molar refractivity (Wildman–Crippen MR) is 230 cm³/mol. The Morgan fingerprint density at radius 2 is 1.48 bits per heavy atom. The van der Waals surface area contributed by atoms with Crippen molar-refractivity contribution < 1.29 is 24.0 Å². The first kappa shape index (κ1) is 40.0. The van der Waals surface area contributed by atoms with Crippen LogP contribution >= 0.6 is 11.6 Å². The van der Waals surface area contributed by atoms with E-state index >= 15 is 0 Å². The van der Waals surface area contributed by atoms with E-state index in [-0.39, 0.29) is 29.7 Å². The molecular formula is C46H51ClN8O5. The fraction of sp³-hybridized carbons (Fsp3) is 0.478. The van der Waals surface area contributed by atoms with Crippen molar-refractivity contribution in [2.45, 2.75) is 76.9 Å². The van der Waals surface area contributed by atoms with Gasteiger partial charge in [-0.1, -0.05) is 17.7 Å². The van der Waals surface area contributed by atoms with E-state index in [2.05, 4.69) is 54.9 Å². The van der Waals surface area contributed by atoms with Gasteiger partial charge in [0.1, 0.15) is 6.04 Å². The van der Waals surface area contributed by atoms with Crippen molar-refractivity contribution in [1.29, 1.82) is 0 Å². The lowest BCUT2D eigenvalue weighted by Gasteiger charge is -2.43. The highest BCUT2D eigenvalue weighted by atomic mass is 35.5. The zero-order chi connectivity index (χ0) is 41.9. The standard InChI is InChI=1S/C46H51ClN8O5/c1-29-27-46(28-54(29)38-11-10-37(48-3)41(47)30(38)2)16-20-51(21-17-46)32-6-4-31(5-7-32)43(58)53-24-22-52(23-25-53)33-14-18-50(19-15-33)34-8-9-35-36(26-34)45(60)55(44(35)59)39-12-13-40(56)49-42(39)57/h4-11,26,29,33,39H,12-25,27-28H2,1-2H3,(H,49,56,57). The SMILES string of the molecule is [C-]#[N+]c1ccc(N2CC3(CCN(c4ccc(C(=O)N5CCN(C6CCN(c7ccc8c(c7)C(=O)N(C7CCC(=O)NC7=O)C8=O)CC6)CC5)cc4)CC3)CC2C)c(C)c1Cl. The molecule has 1 N–H and O–H groups in total. The summed E-state index contributed by atoms with van der Waals surface area (Å²) in [7, 11) is 0. The van der Waals surface area contributed by atoms with Crippen molar-refractivity contribution in [3.63, 3.8) is 0 Å². The summed E-state index contributed by atoms with van der Waals surface area (Å²) in [4.78, 5) is 80.5. The third-order valence-corrected chi connectivity index (χ3v) is 14.7. The van der Waals surface area contributed by atoms with Crippen molar-refractivity contribution in [3.8, 4) is 0 Å². The zero-order valence-electron chi connectivity index (χ0n) is 34.3. The molecule has 13 nitrogen and oxygen atoms in total. The number of rotatable bonds is 6. The summed E-state index contributed by atoms with van der Waals surface area (Å²) < 4.78 is 0. The second-order valence-corrected chi connectivity index (χ2v) is 18.0. The fourth-order valence-corrected chi connectivity index (χ4v) is 10.9. The molecule has 9 rings (SSSR count). The van der Waals surface area contributed by atoms with Crippen LogP contribution in [-0.4, -0.2) is 121 Å². The Hall–Kier alpha value is -5.45. The molecular weight excluding hydrogens is 780 g/mol. The number of imide groups is 2. The van der Waals surface area contributed by atoms with E-state index in [1.54, 1.807) is 12.1 Å². The molecule has 2 unspecified atom stereocenters. The van der Waals surface area contributed by atoms with Crippen LogP contribution in [0.25, 0.3) is 4.85 Å². The molecule has 6 heterocycles. The van der Waals surface area contributed by atoms with Crippen LogP contribution in [0.1, 0.15) is 88.5 Å². The highest BCUT2D eigenvalue weighted by Gasteiger charge is 2.46. The van der Waals surface area contributed by atoms with Gasteiger partial charge < -0.3 is 19.6 Å². The lowest BCUT2D eigenvalue weighted by molar-refractivity contribution is -0.136. The fourth-order valence-electron chi connectivity index (χ4n) is 10.7. The molecule has 60 heavy (non-hydrogen) atoms. The molecule has 6 aliphatic heterocycles. The number of halogens is 1. The number of carbonyl (C=O) groups is 5. The number of nitrogens with one attached hydrogen (secondary N) is 1. The lowest BCUT2D eigenvalue weighted by atomic mass is 9.76. The highest BCUT2D eigenvalue weighted by Crippen LogP contribution is 2.47. The minimum absolute atomic E-state index is 0.0780. The maximum absolute atomic E-state index is 13.6. The number of carbonyl (C=O) groups excluding carboxylic acids is 5. The summed E-state index contributed by atoms with van der Waals surface area (Å²) in [6.07, 6.45) is 5.47. The van der Waals surface area contributed by atoms with E-state index in [1.807, 2.05) is 36.1 Å². The quantitative estimate of drug-likeness (QED) is 0.239. The van der Waals surface area contributed by atoms with Crippen LogP contribution in [0, 0.1) is 18.9 Å². The Kier molecular flexibility index (Phi) is 10.6. The highest BCUT2D eigenvalue weighted by molar-refractivity contribution is 6.34. The molecule has 3 aromatic carbocycles. The average Bonchev–Trinajstić information content (AvgIpc) is 3.72. The van der Waals surface area contributed by atoms with Crippen molar-refractivity contribution in [1.82, 2.24) is 20.0 Å². The summed E-state index contributed by atoms with van der Waals surface area (Å²) in [5, 5.41) is 2.80. The Morgan fingerprint density at radius 3 is 2.17 bits per heavy atom. The van der Waals surface area contributed by atoms with Crippen LogP contribution in [0.15, 0.2) is 54.6 Å². The lowest BCUT2D eigenvalue weighted by Crippen LogP contribution is -2.54. The van der Waals surface area contributed by atoms with Crippen LogP contribution in [-0.2, 0) is 9.59 Å². The minimum atomic E-state index is -0.978. The summed E-state index contributed by atoms with van der Waals surface area (Å²) in [6.45, 7) is 19.3. The second kappa shape index (κ2) is 15.9. The normalized spacial score (nSPS) is 23.7. The molecule has 5 fully saturated rings. The second-order valence-electron chi connectivity index (χ2n) is 17.6. The van der Waals surface area contributed by atoms with E-state index in [4.69, 9.17) is 18.2 Å². The third-order valence-electron chi connectivity index (χ3n) is 14.2. The van der Waals surface area contributed by atoms with Crippen LogP contribution in [0.4, 0.5) is 22.7 Å². The van der Waals surface area contributed by atoms with Crippen LogP contribution in [0.2, 0.25) is 5.02 Å². The molecule has 0 aliphatic carbocycles. The van der Waals surface area contributed by atoms with Crippen molar-refractivity contribution in [2.24, 2.45) is 5.41 Å². The smallest absolute Gasteiger partial charge is 0.262 e. The Morgan fingerprint density at radius 1 is 0.817 bits per heavy atom. The molecule has 1 spiro atoms.